The van der Waals surface area contributed by atoms with E-state index in [0.717, 1.165) is 31.0 Å². The number of carbonyl (C=O) groups excluding carboxylic acids is 1. The number of hydrogen-bond donors (Lipinski definition) is 1. The van der Waals surface area contributed by atoms with Gasteiger partial charge < -0.3 is 5.32 Å². The number of amides is 1. The van der Waals surface area contributed by atoms with Crippen molar-refractivity contribution >= 4 is 23.2 Å². The van der Waals surface area contributed by atoms with Crippen LogP contribution < -0.4 is 5.32 Å². The number of halogens is 1. The zero-order valence-corrected chi connectivity index (χ0v) is 14.5. The van der Waals surface area contributed by atoms with Gasteiger partial charge in [-0.25, -0.2) is 0 Å². The van der Waals surface area contributed by atoms with E-state index in [1.165, 1.54) is 6.07 Å². The van der Waals surface area contributed by atoms with Crippen LogP contribution in [0.2, 0.25) is 5.02 Å². The van der Waals surface area contributed by atoms with Crippen molar-refractivity contribution in [2.24, 2.45) is 5.92 Å². The van der Waals surface area contributed by atoms with Crippen LogP contribution in [0, 0.1) is 23.0 Å². The molecule has 1 atom stereocenters. The number of pyridine rings is 1. The molecule has 130 valence electrons. The van der Waals surface area contributed by atoms with Crippen LogP contribution in [-0.4, -0.2) is 15.8 Å². The first-order chi connectivity index (χ1) is 12.0. The van der Waals surface area contributed by atoms with Crippen LogP contribution in [0.5, 0.6) is 0 Å². The molecule has 7 heteroatoms. The Kier molecular flexibility index (Phi) is 4.99. The largest absolute Gasteiger partial charge is 0.345 e. The molecule has 1 aromatic heterocycles. The summed E-state index contributed by atoms with van der Waals surface area (Å²) in [4.78, 5) is 27.1. The van der Waals surface area contributed by atoms with Gasteiger partial charge in [-0.05, 0) is 43.4 Å². The summed E-state index contributed by atoms with van der Waals surface area (Å²) in [6.07, 6.45) is 4.39. The molecule has 1 saturated carbocycles. The van der Waals surface area contributed by atoms with Crippen LogP contribution in [0.3, 0.4) is 0 Å². The Morgan fingerprint density at radius 3 is 2.60 bits per heavy atom. The van der Waals surface area contributed by atoms with Gasteiger partial charge in [0.05, 0.1) is 22.2 Å². The lowest BCUT2D eigenvalue weighted by Gasteiger charge is -2.34. The van der Waals surface area contributed by atoms with Gasteiger partial charge >= 0.3 is 0 Å². The van der Waals surface area contributed by atoms with Crippen molar-refractivity contribution in [2.45, 2.75) is 32.2 Å². The van der Waals surface area contributed by atoms with Gasteiger partial charge in [0, 0.05) is 11.1 Å². The van der Waals surface area contributed by atoms with Crippen molar-refractivity contribution in [1.29, 1.82) is 0 Å². The Morgan fingerprint density at radius 1 is 1.36 bits per heavy atom. The molecule has 25 heavy (non-hydrogen) atoms. The Hall–Kier alpha value is -2.47. The lowest BCUT2D eigenvalue weighted by molar-refractivity contribution is -0.385. The maximum Gasteiger partial charge on any atom is 0.288 e. The average Bonchev–Trinajstić information content (AvgIpc) is 2.53. The fraction of sp³-hybridized carbons (Fsp3) is 0.333. The van der Waals surface area contributed by atoms with E-state index in [4.69, 9.17) is 11.6 Å². The van der Waals surface area contributed by atoms with Crippen LogP contribution in [0.1, 0.15) is 46.9 Å². The Morgan fingerprint density at radius 2 is 2.04 bits per heavy atom. The fourth-order valence-corrected chi connectivity index (χ4v) is 3.11. The molecule has 1 heterocycles. The molecule has 1 amide bonds. The summed E-state index contributed by atoms with van der Waals surface area (Å²) in [5, 5.41) is 14.6. The summed E-state index contributed by atoms with van der Waals surface area (Å²) in [5.74, 6) is 0.0117. The van der Waals surface area contributed by atoms with Gasteiger partial charge in [0.1, 0.15) is 6.20 Å². The van der Waals surface area contributed by atoms with Crippen LogP contribution in [0.4, 0.5) is 5.69 Å². The lowest BCUT2D eigenvalue weighted by atomic mass is 9.77. The van der Waals surface area contributed by atoms with Crippen molar-refractivity contribution in [3.05, 3.63) is 68.5 Å². The first-order valence-corrected chi connectivity index (χ1v) is 8.51. The topological polar surface area (TPSA) is 85.1 Å². The van der Waals surface area contributed by atoms with Gasteiger partial charge in [0.2, 0.25) is 0 Å². The van der Waals surface area contributed by atoms with Crippen molar-refractivity contribution in [1.82, 2.24) is 10.3 Å². The maximum atomic E-state index is 12.7. The van der Waals surface area contributed by atoms with Crippen LogP contribution >= 0.6 is 11.6 Å². The summed E-state index contributed by atoms with van der Waals surface area (Å²) in [5.41, 5.74) is 1.49. The van der Waals surface area contributed by atoms with Gasteiger partial charge in [-0.2, -0.15) is 0 Å². The quantitative estimate of drug-likeness (QED) is 0.639. The van der Waals surface area contributed by atoms with E-state index in [2.05, 4.69) is 10.3 Å². The maximum absolute atomic E-state index is 12.7. The summed E-state index contributed by atoms with van der Waals surface area (Å²) in [6.45, 7) is 1.67. The summed E-state index contributed by atoms with van der Waals surface area (Å²) in [7, 11) is 0. The number of nitrogens with one attached hydrogen (secondary N) is 1. The van der Waals surface area contributed by atoms with E-state index in [-0.39, 0.29) is 23.2 Å². The zero-order valence-electron chi connectivity index (χ0n) is 13.7. The second-order valence-corrected chi connectivity index (χ2v) is 6.71. The van der Waals surface area contributed by atoms with E-state index in [0.29, 0.717) is 16.6 Å². The molecular weight excluding hydrogens is 342 g/mol. The number of aromatic nitrogens is 1. The first kappa shape index (κ1) is 17.4. The average molecular weight is 360 g/mol. The Balaban J connectivity index is 1.87. The minimum Gasteiger partial charge on any atom is -0.345 e. The van der Waals surface area contributed by atoms with Crippen molar-refractivity contribution in [2.75, 3.05) is 0 Å². The summed E-state index contributed by atoms with van der Waals surface area (Å²) < 4.78 is 0. The second-order valence-electron chi connectivity index (χ2n) is 6.28. The number of rotatable bonds is 5. The highest BCUT2D eigenvalue weighted by Gasteiger charge is 2.30. The van der Waals surface area contributed by atoms with Crippen molar-refractivity contribution in [3.63, 3.8) is 0 Å². The van der Waals surface area contributed by atoms with E-state index in [1.807, 2.05) is 12.1 Å². The highest BCUT2D eigenvalue weighted by molar-refractivity contribution is 6.30. The molecule has 1 aromatic carbocycles. The van der Waals surface area contributed by atoms with Crippen LogP contribution in [0.25, 0.3) is 0 Å². The van der Waals surface area contributed by atoms with Gasteiger partial charge in [0.15, 0.2) is 0 Å². The molecule has 0 bridgehead atoms. The molecule has 1 aliphatic carbocycles. The van der Waals surface area contributed by atoms with Crippen molar-refractivity contribution in [3.8, 4) is 0 Å². The fourth-order valence-electron chi connectivity index (χ4n) is 2.99. The smallest absolute Gasteiger partial charge is 0.288 e. The third-order valence-electron chi connectivity index (χ3n) is 4.66. The number of hydrogen-bond acceptors (Lipinski definition) is 4. The second kappa shape index (κ2) is 7.19. The van der Waals surface area contributed by atoms with Gasteiger partial charge in [0.25, 0.3) is 11.6 Å². The minimum atomic E-state index is -0.550. The minimum absolute atomic E-state index is 0.142. The molecule has 2 aromatic rings. The highest BCUT2D eigenvalue weighted by Crippen LogP contribution is 2.38. The summed E-state index contributed by atoms with van der Waals surface area (Å²) >= 11 is 5.95. The molecular formula is C18H18ClN3O3. The highest BCUT2D eigenvalue weighted by atomic mass is 35.5. The number of nitrogens with zero attached hydrogens (tertiary/aromatic N) is 2. The SMILES string of the molecule is Cc1ncc([N+](=O)[O-])cc1C(=O)NC(c1ccc(Cl)cc1)C1CCC1. The zero-order chi connectivity index (χ0) is 18.0. The Labute approximate surface area is 150 Å². The molecule has 0 saturated heterocycles. The molecule has 6 nitrogen and oxygen atoms in total. The molecule has 0 radical (unpaired) electrons. The molecule has 1 fully saturated rings. The van der Waals surface area contributed by atoms with Crippen molar-refractivity contribution < 1.29 is 9.72 Å². The number of nitro groups is 1. The molecule has 3 rings (SSSR count). The third kappa shape index (κ3) is 3.79. The standard InChI is InChI=1S/C18H18ClN3O3/c1-11-16(9-15(10-20-11)22(24)25)18(23)21-17(12-3-2-4-12)13-5-7-14(19)8-6-13/h5-10,12,17H,2-4H2,1H3,(H,21,23). The molecule has 0 spiro atoms. The number of carbonyl (C=O) groups is 1. The normalized spacial score (nSPS) is 15.3. The molecule has 1 N–H and O–H groups in total. The molecule has 1 unspecified atom stereocenters. The first-order valence-electron chi connectivity index (χ1n) is 8.13. The monoisotopic (exact) mass is 359 g/mol. The van der Waals surface area contributed by atoms with E-state index in [1.54, 1.807) is 19.1 Å². The lowest BCUT2D eigenvalue weighted by Crippen LogP contribution is -2.36. The van der Waals surface area contributed by atoms with E-state index < -0.39 is 4.92 Å². The third-order valence-corrected chi connectivity index (χ3v) is 4.92. The van der Waals surface area contributed by atoms with Gasteiger partial charge in [-0.1, -0.05) is 30.2 Å². The van der Waals surface area contributed by atoms with Crippen LogP contribution in [0.15, 0.2) is 36.5 Å². The van der Waals surface area contributed by atoms with Gasteiger partial charge in [-0.3, -0.25) is 19.9 Å². The number of benzene rings is 1. The van der Waals surface area contributed by atoms with Crippen LogP contribution in [-0.2, 0) is 0 Å². The predicted octanol–water partition coefficient (Wildman–Crippen LogP) is 4.22. The van der Waals surface area contributed by atoms with E-state index >= 15 is 0 Å². The summed E-state index contributed by atoms with van der Waals surface area (Å²) in [6, 6.07) is 8.55. The Bertz CT molecular complexity index is 804. The molecule has 0 aliphatic heterocycles. The van der Waals surface area contributed by atoms with Gasteiger partial charge in [-0.15, -0.1) is 0 Å². The van der Waals surface area contributed by atoms with E-state index in [9.17, 15) is 14.9 Å². The molecule has 1 aliphatic rings. The predicted molar refractivity (Wildman–Crippen MR) is 94.6 cm³/mol. The number of aryl methyl sites for hydroxylation is 1.